The van der Waals surface area contributed by atoms with Crippen LogP contribution in [0.25, 0.3) is 0 Å². The summed E-state index contributed by atoms with van der Waals surface area (Å²) in [5, 5.41) is 10.6. The van der Waals surface area contributed by atoms with Crippen LogP contribution in [0.1, 0.15) is 0 Å². The number of fused-ring (bicyclic) bond motifs is 1. The van der Waals surface area contributed by atoms with Crippen LogP contribution >= 0.6 is 11.8 Å². The van der Waals surface area contributed by atoms with Crippen molar-refractivity contribution in [3.8, 4) is 0 Å². The Balaban J connectivity index is 2.34. The molecule has 0 radical (unpaired) electrons. The van der Waals surface area contributed by atoms with Gasteiger partial charge in [-0.2, -0.15) is 4.57 Å². The molecule has 1 atom stereocenters. The lowest BCUT2D eigenvalue weighted by Crippen LogP contribution is -2.45. The first kappa shape index (κ1) is 7.13. The summed E-state index contributed by atoms with van der Waals surface area (Å²) in [5.74, 6) is 0.823. The van der Waals surface area contributed by atoms with Crippen molar-refractivity contribution in [1.82, 2.24) is 0 Å². The van der Waals surface area contributed by atoms with Gasteiger partial charge >= 0.3 is 0 Å². The summed E-state index contributed by atoms with van der Waals surface area (Å²) in [6.07, 6.45) is 1.82. The highest BCUT2D eigenvalue weighted by Gasteiger charge is 2.22. The summed E-state index contributed by atoms with van der Waals surface area (Å²) >= 11 is 1.71. The van der Waals surface area contributed by atoms with Crippen molar-refractivity contribution in [1.29, 1.82) is 0 Å². The summed E-state index contributed by atoms with van der Waals surface area (Å²) in [7, 11) is 0. The number of aliphatic hydroxyl groups excluding tert-OH is 1. The minimum Gasteiger partial charge on any atom is -0.386 e. The number of hydrogen-bond donors (Lipinski definition) is 1. The minimum absolute atomic E-state index is 0.181. The molecule has 0 saturated heterocycles. The van der Waals surface area contributed by atoms with Gasteiger partial charge in [-0.1, -0.05) is 11.8 Å². The van der Waals surface area contributed by atoms with Crippen LogP contribution in [-0.4, -0.2) is 17.0 Å². The van der Waals surface area contributed by atoms with Gasteiger partial charge < -0.3 is 5.11 Å². The van der Waals surface area contributed by atoms with Crippen molar-refractivity contribution in [2.75, 3.05) is 5.75 Å². The maximum atomic E-state index is 9.31. The first-order chi connectivity index (χ1) is 5.36. The molecule has 1 aliphatic heterocycles. The van der Waals surface area contributed by atoms with Crippen LogP contribution in [-0.2, 0) is 6.54 Å². The molecule has 2 nitrogen and oxygen atoms in total. The Morgan fingerprint density at radius 2 is 2.45 bits per heavy atom. The van der Waals surface area contributed by atoms with Gasteiger partial charge in [-0.15, -0.1) is 0 Å². The van der Waals surface area contributed by atoms with Crippen molar-refractivity contribution in [3.05, 3.63) is 24.4 Å². The Labute approximate surface area is 69.9 Å². The SMILES string of the molecule is O[C@H]1CSc2cccc[n+]2C1. The van der Waals surface area contributed by atoms with E-state index in [2.05, 4.69) is 10.6 Å². The Hall–Kier alpha value is -0.540. The summed E-state index contributed by atoms with van der Waals surface area (Å²) in [4.78, 5) is 0. The van der Waals surface area contributed by atoms with Crippen LogP contribution in [0.5, 0.6) is 0 Å². The molecule has 0 aliphatic carbocycles. The maximum absolute atomic E-state index is 9.31. The van der Waals surface area contributed by atoms with E-state index in [0.717, 1.165) is 12.3 Å². The van der Waals surface area contributed by atoms with E-state index in [9.17, 15) is 5.11 Å². The Bertz CT molecular complexity index is 264. The Morgan fingerprint density at radius 1 is 1.55 bits per heavy atom. The second kappa shape index (κ2) is 2.83. The molecule has 0 saturated carbocycles. The van der Waals surface area contributed by atoms with Gasteiger partial charge in [0, 0.05) is 17.9 Å². The monoisotopic (exact) mass is 168 g/mol. The van der Waals surface area contributed by atoms with Crippen molar-refractivity contribution in [2.45, 2.75) is 17.7 Å². The number of nitrogens with zero attached hydrogens (tertiary/aromatic N) is 1. The topological polar surface area (TPSA) is 24.1 Å². The molecule has 2 rings (SSSR count). The third-order valence-electron chi connectivity index (χ3n) is 1.73. The van der Waals surface area contributed by atoms with Crippen LogP contribution in [0.4, 0.5) is 0 Å². The van der Waals surface area contributed by atoms with Crippen LogP contribution in [0.15, 0.2) is 29.4 Å². The summed E-state index contributed by atoms with van der Waals surface area (Å²) in [6.45, 7) is 0.739. The molecule has 58 valence electrons. The van der Waals surface area contributed by atoms with E-state index < -0.39 is 0 Å². The Morgan fingerprint density at radius 3 is 3.36 bits per heavy atom. The first-order valence-electron chi connectivity index (χ1n) is 3.65. The summed E-state index contributed by atoms with van der Waals surface area (Å²) in [5.41, 5.74) is 0. The predicted molar refractivity (Wildman–Crippen MR) is 43.4 cm³/mol. The van der Waals surface area contributed by atoms with Gasteiger partial charge in [0.1, 0.15) is 6.10 Å². The molecule has 0 aromatic carbocycles. The van der Waals surface area contributed by atoms with Gasteiger partial charge in [-0.05, 0) is 6.07 Å². The van der Waals surface area contributed by atoms with Gasteiger partial charge in [0.25, 0.3) is 0 Å². The zero-order valence-electron chi connectivity index (χ0n) is 6.10. The van der Waals surface area contributed by atoms with Gasteiger partial charge in [0.15, 0.2) is 12.7 Å². The standard InChI is InChI=1S/C8H10NOS/c10-7-5-9-4-2-1-3-8(9)11-6-7/h1-4,7,10H,5-6H2/q+1/t7-/m1/s1. The fourth-order valence-electron chi connectivity index (χ4n) is 1.20. The van der Waals surface area contributed by atoms with Crippen molar-refractivity contribution < 1.29 is 9.67 Å². The van der Waals surface area contributed by atoms with Gasteiger partial charge in [0.2, 0.25) is 5.03 Å². The molecule has 0 fully saturated rings. The average Bonchev–Trinajstić information content (AvgIpc) is 2.04. The smallest absolute Gasteiger partial charge is 0.240 e. The molecule has 0 amide bonds. The molecule has 0 bridgehead atoms. The lowest BCUT2D eigenvalue weighted by atomic mass is 10.4. The second-order valence-corrected chi connectivity index (χ2v) is 3.70. The zero-order valence-corrected chi connectivity index (χ0v) is 6.92. The predicted octanol–water partition coefficient (Wildman–Crippen LogP) is 0.441. The van der Waals surface area contributed by atoms with E-state index in [1.54, 1.807) is 11.8 Å². The van der Waals surface area contributed by atoms with Crippen molar-refractivity contribution >= 4 is 11.8 Å². The largest absolute Gasteiger partial charge is 0.386 e. The van der Waals surface area contributed by atoms with E-state index in [-0.39, 0.29) is 6.10 Å². The number of pyridine rings is 1. The third-order valence-corrected chi connectivity index (χ3v) is 2.95. The number of thioether (sulfide) groups is 1. The summed E-state index contributed by atoms with van der Waals surface area (Å²) in [6, 6.07) is 6.09. The van der Waals surface area contributed by atoms with Crippen LogP contribution < -0.4 is 4.57 Å². The van der Waals surface area contributed by atoms with Crippen LogP contribution in [0.2, 0.25) is 0 Å². The fourth-order valence-corrected chi connectivity index (χ4v) is 2.15. The molecule has 0 spiro atoms. The van der Waals surface area contributed by atoms with E-state index in [4.69, 9.17) is 0 Å². The summed E-state index contributed by atoms with van der Waals surface area (Å²) < 4.78 is 2.08. The molecule has 1 N–H and O–H groups in total. The van der Waals surface area contributed by atoms with Gasteiger partial charge in [-0.25, -0.2) is 0 Å². The highest BCUT2D eigenvalue weighted by atomic mass is 32.2. The van der Waals surface area contributed by atoms with Crippen molar-refractivity contribution in [3.63, 3.8) is 0 Å². The quantitative estimate of drug-likeness (QED) is 0.568. The molecule has 1 aliphatic rings. The third kappa shape index (κ3) is 1.39. The molecule has 3 heteroatoms. The van der Waals surface area contributed by atoms with Crippen LogP contribution in [0, 0.1) is 0 Å². The average molecular weight is 168 g/mol. The first-order valence-corrected chi connectivity index (χ1v) is 4.64. The zero-order chi connectivity index (χ0) is 7.68. The molecule has 0 unspecified atom stereocenters. The van der Waals surface area contributed by atoms with Crippen molar-refractivity contribution in [2.24, 2.45) is 0 Å². The number of rotatable bonds is 0. The normalized spacial score (nSPS) is 22.8. The van der Waals surface area contributed by atoms with Gasteiger partial charge in [0.05, 0.1) is 0 Å². The molecule has 1 aromatic heterocycles. The fraction of sp³-hybridized carbons (Fsp3) is 0.375. The molecular weight excluding hydrogens is 158 g/mol. The molecule has 11 heavy (non-hydrogen) atoms. The Kier molecular flexibility index (Phi) is 1.84. The number of aliphatic hydroxyl groups is 1. The van der Waals surface area contributed by atoms with E-state index >= 15 is 0 Å². The van der Waals surface area contributed by atoms with E-state index in [1.165, 1.54) is 5.03 Å². The van der Waals surface area contributed by atoms with E-state index in [0.29, 0.717) is 0 Å². The highest BCUT2D eigenvalue weighted by Crippen LogP contribution is 2.17. The highest BCUT2D eigenvalue weighted by molar-refractivity contribution is 7.99. The second-order valence-electron chi connectivity index (χ2n) is 2.66. The lowest BCUT2D eigenvalue weighted by Gasteiger charge is -2.13. The van der Waals surface area contributed by atoms with E-state index in [1.807, 2.05) is 18.3 Å². The van der Waals surface area contributed by atoms with Gasteiger partial charge in [-0.3, -0.25) is 0 Å². The van der Waals surface area contributed by atoms with Crippen LogP contribution in [0.3, 0.4) is 0 Å². The lowest BCUT2D eigenvalue weighted by molar-refractivity contribution is -0.740. The number of hydrogen-bond acceptors (Lipinski definition) is 2. The molecular formula is C8H10NOS+. The maximum Gasteiger partial charge on any atom is 0.240 e. The minimum atomic E-state index is -0.181. The molecule has 2 heterocycles. The molecule has 1 aromatic rings. The number of aromatic nitrogens is 1.